The molecule has 0 saturated heterocycles. The molecule has 0 saturated carbocycles. The summed E-state index contributed by atoms with van der Waals surface area (Å²) in [5.41, 5.74) is 0.909. The summed E-state index contributed by atoms with van der Waals surface area (Å²) in [7, 11) is -3.79. The van der Waals surface area contributed by atoms with Gasteiger partial charge in [-0.25, -0.2) is 12.7 Å². The lowest BCUT2D eigenvalue weighted by Crippen LogP contribution is -2.28. The van der Waals surface area contributed by atoms with Crippen LogP contribution in [0.15, 0.2) is 29.2 Å². The van der Waals surface area contributed by atoms with E-state index >= 15 is 0 Å². The number of nitrogens with zero attached hydrogens (tertiary/aromatic N) is 2. The number of benzene rings is 1. The third kappa shape index (κ3) is 5.02. The van der Waals surface area contributed by atoms with Crippen molar-refractivity contribution in [1.29, 1.82) is 5.26 Å². The molecular weight excluding hydrogens is 358 g/mol. The van der Waals surface area contributed by atoms with Crippen LogP contribution in [0.3, 0.4) is 0 Å². The summed E-state index contributed by atoms with van der Waals surface area (Å²) in [4.78, 5) is 10.8. The van der Waals surface area contributed by atoms with Crippen LogP contribution in [0.1, 0.15) is 12.5 Å². The minimum atomic E-state index is -3.79. The maximum absolute atomic E-state index is 12.2. The van der Waals surface area contributed by atoms with E-state index in [2.05, 4.69) is 21.2 Å². The van der Waals surface area contributed by atoms with Crippen LogP contribution in [-0.4, -0.2) is 37.0 Å². The Kier molecular flexibility index (Phi) is 6.65. The molecule has 1 amide bonds. The lowest BCUT2D eigenvalue weighted by atomic mass is 10.1. The first-order valence-electron chi connectivity index (χ1n) is 6.23. The van der Waals surface area contributed by atoms with Crippen molar-refractivity contribution in [3.8, 4) is 6.19 Å². The van der Waals surface area contributed by atoms with E-state index in [0.717, 1.165) is 9.87 Å². The van der Waals surface area contributed by atoms with E-state index in [1.807, 2.05) is 0 Å². The number of halogens is 1. The number of nitriles is 1. The van der Waals surface area contributed by atoms with Crippen LogP contribution in [0, 0.1) is 11.5 Å². The summed E-state index contributed by atoms with van der Waals surface area (Å²) in [6, 6.07) is 6.30. The SMILES string of the molecule is CC(=O)NCCc1ccc(S(=O)(=O)N(C#N)CCBr)cc1. The van der Waals surface area contributed by atoms with Crippen molar-refractivity contribution in [2.45, 2.75) is 18.2 Å². The van der Waals surface area contributed by atoms with Crippen molar-refractivity contribution < 1.29 is 13.2 Å². The first kappa shape index (κ1) is 17.5. The molecule has 0 aliphatic rings. The first-order valence-corrected chi connectivity index (χ1v) is 8.79. The highest BCUT2D eigenvalue weighted by atomic mass is 79.9. The molecule has 1 aromatic carbocycles. The predicted molar refractivity (Wildman–Crippen MR) is 82.1 cm³/mol. The molecule has 0 atom stereocenters. The molecule has 0 bridgehead atoms. The zero-order valence-electron chi connectivity index (χ0n) is 11.5. The average Bonchev–Trinajstić information content (AvgIpc) is 2.44. The number of alkyl halides is 1. The third-order valence-electron chi connectivity index (χ3n) is 2.70. The number of carbonyl (C=O) groups is 1. The molecule has 0 aliphatic carbocycles. The quantitative estimate of drug-likeness (QED) is 0.442. The molecular formula is C13H16BrN3O3S. The van der Waals surface area contributed by atoms with E-state index in [1.54, 1.807) is 18.3 Å². The number of rotatable bonds is 7. The van der Waals surface area contributed by atoms with Gasteiger partial charge in [0, 0.05) is 18.8 Å². The Morgan fingerprint density at radius 3 is 2.48 bits per heavy atom. The molecule has 0 radical (unpaired) electrons. The standard InChI is InChI=1S/C13H16BrN3O3S/c1-11(18)16-8-6-12-2-4-13(5-3-12)21(19,20)17(10-15)9-7-14/h2-5H,6-9H2,1H3,(H,16,18). The van der Waals surface area contributed by atoms with Crippen LogP contribution in [0.2, 0.25) is 0 Å². The maximum atomic E-state index is 12.2. The fraction of sp³-hybridized carbons (Fsp3) is 0.385. The number of hydrogen-bond donors (Lipinski definition) is 1. The molecule has 0 spiro atoms. The highest BCUT2D eigenvalue weighted by Crippen LogP contribution is 2.16. The Morgan fingerprint density at radius 1 is 1.38 bits per heavy atom. The minimum Gasteiger partial charge on any atom is -0.356 e. The summed E-state index contributed by atoms with van der Waals surface area (Å²) >= 11 is 3.12. The molecule has 0 heterocycles. The minimum absolute atomic E-state index is 0.0771. The van der Waals surface area contributed by atoms with E-state index in [4.69, 9.17) is 5.26 Å². The first-order chi connectivity index (χ1) is 9.91. The topological polar surface area (TPSA) is 90.3 Å². The molecule has 0 fully saturated rings. The van der Waals surface area contributed by atoms with E-state index in [0.29, 0.717) is 18.3 Å². The van der Waals surface area contributed by atoms with Crippen LogP contribution >= 0.6 is 15.9 Å². The van der Waals surface area contributed by atoms with Gasteiger partial charge in [-0.1, -0.05) is 28.1 Å². The number of amides is 1. The van der Waals surface area contributed by atoms with E-state index in [-0.39, 0.29) is 17.3 Å². The molecule has 21 heavy (non-hydrogen) atoms. The Labute approximate surface area is 132 Å². The van der Waals surface area contributed by atoms with Crippen molar-refractivity contribution in [1.82, 2.24) is 9.62 Å². The number of nitrogens with one attached hydrogen (secondary N) is 1. The monoisotopic (exact) mass is 373 g/mol. The summed E-state index contributed by atoms with van der Waals surface area (Å²) in [6.07, 6.45) is 2.29. The zero-order valence-corrected chi connectivity index (χ0v) is 13.9. The van der Waals surface area contributed by atoms with Crippen molar-refractivity contribution in [2.24, 2.45) is 0 Å². The molecule has 6 nitrogen and oxygen atoms in total. The predicted octanol–water partition coefficient (Wildman–Crippen LogP) is 1.23. The van der Waals surface area contributed by atoms with E-state index in [9.17, 15) is 13.2 Å². The average molecular weight is 374 g/mol. The summed E-state index contributed by atoms with van der Waals surface area (Å²) in [5.74, 6) is -0.103. The van der Waals surface area contributed by atoms with Gasteiger partial charge in [-0.3, -0.25) is 4.79 Å². The number of sulfonamides is 1. The third-order valence-corrected chi connectivity index (χ3v) is 4.77. The van der Waals surface area contributed by atoms with Gasteiger partial charge in [0.25, 0.3) is 10.0 Å². The molecule has 0 aliphatic heterocycles. The summed E-state index contributed by atoms with van der Waals surface area (Å²) in [6.45, 7) is 2.02. The Hall–Kier alpha value is -1.59. The van der Waals surface area contributed by atoms with Gasteiger partial charge in [0.05, 0.1) is 11.4 Å². The number of hydrogen-bond acceptors (Lipinski definition) is 4. The van der Waals surface area contributed by atoms with Crippen LogP contribution in [0.4, 0.5) is 0 Å². The fourth-order valence-corrected chi connectivity index (χ4v) is 3.40. The van der Waals surface area contributed by atoms with Crippen LogP contribution in [0.25, 0.3) is 0 Å². The van der Waals surface area contributed by atoms with Crippen molar-refractivity contribution in [2.75, 3.05) is 18.4 Å². The van der Waals surface area contributed by atoms with Crippen LogP contribution < -0.4 is 5.32 Å². The highest BCUT2D eigenvalue weighted by Gasteiger charge is 2.22. The Balaban J connectivity index is 2.81. The molecule has 1 N–H and O–H groups in total. The normalized spacial score (nSPS) is 10.7. The largest absolute Gasteiger partial charge is 0.356 e. The van der Waals surface area contributed by atoms with Crippen LogP contribution in [-0.2, 0) is 21.2 Å². The number of carbonyl (C=O) groups excluding carboxylic acids is 1. The summed E-state index contributed by atoms with van der Waals surface area (Å²) < 4.78 is 25.1. The van der Waals surface area contributed by atoms with Gasteiger partial charge in [-0.15, -0.1) is 0 Å². The van der Waals surface area contributed by atoms with Crippen LogP contribution in [0.5, 0.6) is 0 Å². The molecule has 0 aromatic heterocycles. The van der Waals surface area contributed by atoms with Crippen molar-refractivity contribution >= 4 is 31.9 Å². The van der Waals surface area contributed by atoms with Gasteiger partial charge in [-0.05, 0) is 24.1 Å². The lowest BCUT2D eigenvalue weighted by molar-refractivity contribution is -0.118. The van der Waals surface area contributed by atoms with Gasteiger partial charge in [-0.2, -0.15) is 5.26 Å². The van der Waals surface area contributed by atoms with Gasteiger partial charge < -0.3 is 5.32 Å². The van der Waals surface area contributed by atoms with Gasteiger partial charge in [0.1, 0.15) is 0 Å². The second kappa shape index (κ2) is 8.00. The smallest absolute Gasteiger partial charge is 0.272 e. The lowest BCUT2D eigenvalue weighted by Gasteiger charge is -2.14. The second-order valence-corrected chi connectivity index (χ2v) is 6.90. The molecule has 114 valence electrons. The van der Waals surface area contributed by atoms with Gasteiger partial charge in [0.2, 0.25) is 5.91 Å². The Bertz CT molecular complexity index is 623. The maximum Gasteiger partial charge on any atom is 0.272 e. The zero-order chi connectivity index (χ0) is 15.9. The van der Waals surface area contributed by atoms with Gasteiger partial charge in [0.15, 0.2) is 6.19 Å². The van der Waals surface area contributed by atoms with Crippen molar-refractivity contribution in [3.63, 3.8) is 0 Å². The summed E-state index contributed by atoms with van der Waals surface area (Å²) in [5, 5.41) is 12.0. The van der Waals surface area contributed by atoms with Gasteiger partial charge >= 0.3 is 0 Å². The van der Waals surface area contributed by atoms with E-state index in [1.165, 1.54) is 19.1 Å². The molecule has 1 rings (SSSR count). The molecule has 0 unspecified atom stereocenters. The fourth-order valence-electron chi connectivity index (χ4n) is 1.64. The highest BCUT2D eigenvalue weighted by molar-refractivity contribution is 9.09. The molecule has 8 heteroatoms. The second-order valence-electron chi connectivity index (χ2n) is 4.24. The van der Waals surface area contributed by atoms with E-state index < -0.39 is 10.0 Å². The molecule has 1 aromatic rings. The van der Waals surface area contributed by atoms with Crippen molar-refractivity contribution in [3.05, 3.63) is 29.8 Å². The Morgan fingerprint density at radius 2 is 2.00 bits per heavy atom.